The van der Waals surface area contributed by atoms with Crippen molar-refractivity contribution >= 4 is 0 Å². The van der Waals surface area contributed by atoms with Crippen LogP contribution >= 0.6 is 0 Å². The van der Waals surface area contributed by atoms with Gasteiger partial charge in [-0.3, -0.25) is 0 Å². The molecule has 4 nitrogen and oxygen atoms in total. The van der Waals surface area contributed by atoms with Crippen LogP contribution in [0.1, 0.15) is 64.1 Å². The Kier molecular flexibility index (Phi) is 5.37. The minimum atomic E-state index is 0.416. The third-order valence-electron chi connectivity index (χ3n) is 4.65. The lowest BCUT2D eigenvalue weighted by Gasteiger charge is -2.33. The summed E-state index contributed by atoms with van der Waals surface area (Å²) in [4.78, 5) is 0. The van der Waals surface area contributed by atoms with E-state index in [1.165, 1.54) is 37.8 Å². The van der Waals surface area contributed by atoms with Gasteiger partial charge in [-0.1, -0.05) is 38.3 Å². The highest BCUT2D eigenvalue weighted by atomic mass is 15.4. The van der Waals surface area contributed by atoms with Gasteiger partial charge in [0.15, 0.2) is 0 Å². The van der Waals surface area contributed by atoms with Gasteiger partial charge in [-0.05, 0) is 38.1 Å². The first-order valence-corrected chi connectivity index (χ1v) is 7.85. The summed E-state index contributed by atoms with van der Waals surface area (Å²) in [6.45, 7) is 5.48. The van der Waals surface area contributed by atoms with E-state index in [1.807, 2.05) is 6.20 Å². The van der Waals surface area contributed by atoms with Crippen LogP contribution in [0.5, 0.6) is 0 Å². The van der Waals surface area contributed by atoms with Crippen LogP contribution in [0.15, 0.2) is 6.20 Å². The molecular formula is C15H28N4. The van der Waals surface area contributed by atoms with Gasteiger partial charge in [0.1, 0.15) is 0 Å². The number of rotatable bonds is 6. The zero-order chi connectivity index (χ0) is 13.7. The van der Waals surface area contributed by atoms with Crippen molar-refractivity contribution in [2.45, 2.75) is 65.0 Å². The van der Waals surface area contributed by atoms with E-state index in [1.54, 1.807) is 0 Å². The van der Waals surface area contributed by atoms with E-state index in [0.717, 1.165) is 24.8 Å². The Bertz CT molecular complexity index is 366. The Morgan fingerprint density at radius 1 is 1.32 bits per heavy atom. The highest BCUT2D eigenvalue weighted by Gasteiger charge is 2.29. The summed E-state index contributed by atoms with van der Waals surface area (Å²) < 4.78 is 2.08. The summed E-state index contributed by atoms with van der Waals surface area (Å²) in [6.07, 6.45) is 9.83. The van der Waals surface area contributed by atoms with Gasteiger partial charge in [-0.15, -0.1) is 5.10 Å². The van der Waals surface area contributed by atoms with Crippen LogP contribution in [-0.4, -0.2) is 22.0 Å². The Morgan fingerprint density at radius 2 is 2.05 bits per heavy atom. The Labute approximate surface area is 117 Å². The van der Waals surface area contributed by atoms with Crippen molar-refractivity contribution < 1.29 is 0 Å². The normalized spacial score (nSPS) is 25.4. The molecule has 1 heterocycles. The summed E-state index contributed by atoms with van der Waals surface area (Å²) >= 11 is 0. The molecule has 1 atom stereocenters. The molecule has 108 valence electrons. The summed E-state index contributed by atoms with van der Waals surface area (Å²) in [5, 5.41) is 11.8. The van der Waals surface area contributed by atoms with E-state index in [9.17, 15) is 0 Å². The second-order valence-corrected chi connectivity index (χ2v) is 5.84. The average molecular weight is 264 g/mol. The van der Waals surface area contributed by atoms with Crippen LogP contribution in [0.25, 0.3) is 0 Å². The molecule has 1 aliphatic carbocycles. The molecule has 0 bridgehead atoms. The average Bonchev–Trinajstić information content (AvgIpc) is 2.89. The smallest absolute Gasteiger partial charge is 0.0759 e. The van der Waals surface area contributed by atoms with Crippen LogP contribution in [-0.2, 0) is 6.54 Å². The van der Waals surface area contributed by atoms with Crippen molar-refractivity contribution in [1.82, 2.24) is 20.3 Å². The molecule has 1 fully saturated rings. The molecule has 2 rings (SSSR count). The molecule has 0 aliphatic heterocycles. The molecule has 1 aromatic heterocycles. The number of nitrogens with one attached hydrogen (secondary N) is 1. The molecule has 0 amide bonds. The Morgan fingerprint density at radius 3 is 2.63 bits per heavy atom. The maximum atomic E-state index is 4.23. The minimum Gasteiger partial charge on any atom is -0.311 e. The first-order valence-electron chi connectivity index (χ1n) is 7.85. The highest BCUT2D eigenvalue weighted by molar-refractivity contribution is 5.05. The molecule has 1 unspecified atom stereocenters. The minimum absolute atomic E-state index is 0.416. The van der Waals surface area contributed by atoms with Crippen molar-refractivity contribution in [3.63, 3.8) is 0 Å². The van der Waals surface area contributed by atoms with Crippen molar-refractivity contribution in [3.05, 3.63) is 11.9 Å². The van der Waals surface area contributed by atoms with E-state index < -0.39 is 0 Å². The predicted molar refractivity (Wildman–Crippen MR) is 77.9 cm³/mol. The first kappa shape index (κ1) is 14.5. The largest absolute Gasteiger partial charge is 0.311 e. The van der Waals surface area contributed by atoms with Crippen LogP contribution in [0.2, 0.25) is 0 Å². The van der Waals surface area contributed by atoms with Crippen LogP contribution in [0, 0.1) is 11.8 Å². The van der Waals surface area contributed by atoms with E-state index in [-0.39, 0.29) is 0 Å². The fraction of sp³-hybridized carbons (Fsp3) is 0.867. The van der Waals surface area contributed by atoms with Crippen molar-refractivity contribution in [2.24, 2.45) is 11.8 Å². The monoisotopic (exact) mass is 264 g/mol. The van der Waals surface area contributed by atoms with Crippen molar-refractivity contribution in [1.29, 1.82) is 0 Å². The van der Waals surface area contributed by atoms with Gasteiger partial charge in [0.05, 0.1) is 17.9 Å². The zero-order valence-electron chi connectivity index (χ0n) is 12.6. The molecular weight excluding hydrogens is 236 g/mol. The molecule has 0 saturated heterocycles. The molecule has 1 aliphatic rings. The summed E-state index contributed by atoms with van der Waals surface area (Å²) in [5.74, 6) is 1.69. The summed E-state index contributed by atoms with van der Waals surface area (Å²) in [6, 6.07) is 0.416. The number of aromatic nitrogens is 3. The fourth-order valence-electron chi connectivity index (χ4n) is 3.45. The molecule has 4 heteroatoms. The molecule has 0 radical (unpaired) electrons. The predicted octanol–water partition coefficient (Wildman–Crippen LogP) is 3.17. The molecule has 0 aromatic carbocycles. The van der Waals surface area contributed by atoms with Gasteiger partial charge in [-0.2, -0.15) is 0 Å². The molecule has 1 saturated carbocycles. The van der Waals surface area contributed by atoms with Gasteiger partial charge in [-0.25, -0.2) is 4.68 Å². The van der Waals surface area contributed by atoms with Crippen molar-refractivity contribution in [2.75, 3.05) is 7.05 Å². The molecule has 19 heavy (non-hydrogen) atoms. The van der Waals surface area contributed by atoms with Crippen LogP contribution in [0.4, 0.5) is 0 Å². The Balaban J connectivity index is 2.05. The highest BCUT2D eigenvalue weighted by Crippen LogP contribution is 2.37. The number of hydrogen-bond donors (Lipinski definition) is 1. The quantitative estimate of drug-likeness (QED) is 0.858. The number of hydrogen-bond acceptors (Lipinski definition) is 3. The van der Waals surface area contributed by atoms with E-state index >= 15 is 0 Å². The van der Waals surface area contributed by atoms with Gasteiger partial charge in [0.25, 0.3) is 0 Å². The SMILES string of the molecule is CCCn1nncc1C(NC)C1CCC(CC)CC1. The van der Waals surface area contributed by atoms with Crippen LogP contribution in [0.3, 0.4) is 0 Å². The van der Waals surface area contributed by atoms with Gasteiger partial charge < -0.3 is 5.32 Å². The third kappa shape index (κ3) is 3.35. The topological polar surface area (TPSA) is 42.7 Å². The first-order chi connectivity index (χ1) is 9.30. The van der Waals surface area contributed by atoms with Gasteiger partial charge in [0.2, 0.25) is 0 Å². The standard InChI is InChI=1S/C15H28N4/c1-4-10-19-14(11-17-18-19)15(16-3)13-8-6-12(5-2)7-9-13/h11-13,15-16H,4-10H2,1-3H3. The molecule has 1 N–H and O–H groups in total. The van der Waals surface area contributed by atoms with Crippen molar-refractivity contribution in [3.8, 4) is 0 Å². The van der Waals surface area contributed by atoms with E-state index in [0.29, 0.717) is 6.04 Å². The van der Waals surface area contributed by atoms with Gasteiger partial charge >= 0.3 is 0 Å². The summed E-state index contributed by atoms with van der Waals surface area (Å²) in [7, 11) is 2.07. The lowest BCUT2D eigenvalue weighted by molar-refractivity contribution is 0.218. The van der Waals surface area contributed by atoms with Crippen LogP contribution < -0.4 is 5.32 Å². The molecule has 1 aromatic rings. The second-order valence-electron chi connectivity index (χ2n) is 5.84. The van der Waals surface area contributed by atoms with E-state index in [2.05, 4.69) is 41.2 Å². The zero-order valence-corrected chi connectivity index (χ0v) is 12.6. The second kappa shape index (κ2) is 7.04. The maximum Gasteiger partial charge on any atom is 0.0759 e. The van der Waals surface area contributed by atoms with Gasteiger partial charge in [0, 0.05) is 6.54 Å². The number of aryl methyl sites for hydroxylation is 1. The van der Waals surface area contributed by atoms with E-state index in [4.69, 9.17) is 0 Å². The number of nitrogens with zero attached hydrogens (tertiary/aromatic N) is 3. The Hall–Kier alpha value is -0.900. The maximum absolute atomic E-state index is 4.23. The lowest BCUT2D eigenvalue weighted by Crippen LogP contribution is -2.30. The lowest BCUT2D eigenvalue weighted by atomic mass is 9.77. The molecule has 0 spiro atoms. The summed E-state index contributed by atoms with van der Waals surface area (Å²) in [5.41, 5.74) is 1.27. The fourth-order valence-corrected chi connectivity index (χ4v) is 3.45. The third-order valence-corrected chi connectivity index (χ3v) is 4.65.